The lowest BCUT2D eigenvalue weighted by atomic mass is 9.97. The minimum atomic E-state index is -0.559. The molecule has 104 valence electrons. The van der Waals surface area contributed by atoms with Gasteiger partial charge in [0.1, 0.15) is 5.82 Å². The summed E-state index contributed by atoms with van der Waals surface area (Å²) in [5.74, 6) is 1.59. The van der Waals surface area contributed by atoms with Gasteiger partial charge in [0.25, 0.3) is 5.91 Å². The molecular weight excluding hydrogens is 256 g/mol. The van der Waals surface area contributed by atoms with E-state index in [9.17, 15) is 4.79 Å². The fraction of sp³-hybridized carbons (Fsp3) is 0.385. The maximum Gasteiger partial charge on any atom is 0.269 e. The zero-order chi connectivity index (χ0) is 13.9. The van der Waals surface area contributed by atoms with Crippen LogP contribution in [0.2, 0.25) is 0 Å². The number of amides is 1. The number of H-pyrrole nitrogens is 1. The topological polar surface area (TPSA) is 101 Å². The van der Waals surface area contributed by atoms with E-state index in [1.54, 1.807) is 18.3 Å². The number of nitrogens with zero attached hydrogens (tertiary/aromatic N) is 4. The number of nitrogens with one attached hydrogen (secondary N) is 1. The van der Waals surface area contributed by atoms with Crippen LogP contribution in [-0.4, -0.2) is 39.2 Å². The zero-order valence-electron chi connectivity index (χ0n) is 11.0. The van der Waals surface area contributed by atoms with Gasteiger partial charge in [0.05, 0.1) is 0 Å². The number of anilines is 1. The van der Waals surface area contributed by atoms with Gasteiger partial charge in [0.15, 0.2) is 11.5 Å². The molecule has 2 aromatic heterocycles. The number of piperidine rings is 1. The Labute approximate surface area is 116 Å². The van der Waals surface area contributed by atoms with E-state index >= 15 is 0 Å². The molecule has 0 aliphatic carbocycles. The maximum absolute atomic E-state index is 11.0. The Morgan fingerprint density at radius 1 is 1.40 bits per heavy atom. The Morgan fingerprint density at radius 3 is 2.95 bits per heavy atom. The van der Waals surface area contributed by atoms with E-state index in [0.717, 1.165) is 37.6 Å². The number of carbonyl (C=O) groups is 1. The van der Waals surface area contributed by atoms with E-state index in [2.05, 4.69) is 25.1 Å². The van der Waals surface area contributed by atoms with Crippen molar-refractivity contribution < 1.29 is 4.79 Å². The first-order valence-corrected chi connectivity index (χ1v) is 6.62. The third kappa shape index (κ3) is 2.47. The third-order valence-corrected chi connectivity index (χ3v) is 3.55. The van der Waals surface area contributed by atoms with Crippen LogP contribution in [0.3, 0.4) is 0 Å². The van der Waals surface area contributed by atoms with E-state index in [-0.39, 0.29) is 5.69 Å². The molecule has 0 spiro atoms. The number of hydrogen-bond acceptors (Lipinski definition) is 5. The Kier molecular flexibility index (Phi) is 3.32. The molecule has 1 fully saturated rings. The highest BCUT2D eigenvalue weighted by molar-refractivity contribution is 5.90. The van der Waals surface area contributed by atoms with Crippen LogP contribution in [0, 0.1) is 0 Å². The maximum atomic E-state index is 11.0. The number of rotatable bonds is 3. The number of aromatic nitrogens is 4. The lowest BCUT2D eigenvalue weighted by Crippen LogP contribution is -2.35. The lowest BCUT2D eigenvalue weighted by Gasteiger charge is -2.32. The fourth-order valence-electron chi connectivity index (χ4n) is 2.53. The first kappa shape index (κ1) is 12.6. The van der Waals surface area contributed by atoms with Crippen LogP contribution in [0.4, 0.5) is 5.82 Å². The summed E-state index contributed by atoms with van der Waals surface area (Å²) in [7, 11) is 0. The summed E-state index contributed by atoms with van der Waals surface area (Å²) in [6.07, 6.45) is 5.80. The van der Waals surface area contributed by atoms with Crippen LogP contribution in [-0.2, 0) is 0 Å². The van der Waals surface area contributed by atoms with Gasteiger partial charge in [-0.25, -0.2) is 4.98 Å². The predicted octanol–water partition coefficient (Wildman–Crippen LogP) is 0.683. The van der Waals surface area contributed by atoms with Crippen molar-refractivity contribution in [3.8, 4) is 0 Å². The smallest absolute Gasteiger partial charge is 0.269 e. The van der Waals surface area contributed by atoms with Crippen LogP contribution in [0.5, 0.6) is 0 Å². The first-order valence-electron chi connectivity index (χ1n) is 6.62. The van der Waals surface area contributed by atoms with Crippen molar-refractivity contribution >= 4 is 11.7 Å². The molecule has 3 rings (SSSR count). The highest BCUT2D eigenvalue weighted by Gasteiger charge is 2.24. The largest absolute Gasteiger partial charge is 0.364 e. The van der Waals surface area contributed by atoms with Gasteiger partial charge in [-0.2, -0.15) is 0 Å². The molecule has 3 N–H and O–H groups in total. The minimum absolute atomic E-state index is 0.188. The quantitative estimate of drug-likeness (QED) is 0.855. The summed E-state index contributed by atoms with van der Waals surface area (Å²) >= 11 is 0. The first-order chi connectivity index (χ1) is 9.74. The van der Waals surface area contributed by atoms with E-state index in [4.69, 9.17) is 5.73 Å². The third-order valence-electron chi connectivity index (χ3n) is 3.55. The van der Waals surface area contributed by atoms with Gasteiger partial charge in [-0.3, -0.25) is 4.79 Å². The molecule has 3 heterocycles. The van der Waals surface area contributed by atoms with Gasteiger partial charge in [0, 0.05) is 31.4 Å². The summed E-state index contributed by atoms with van der Waals surface area (Å²) < 4.78 is 0. The second kappa shape index (κ2) is 5.28. The van der Waals surface area contributed by atoms with Crippen molar-refractivity contribution in [2.45, 2.75) is 18.8 Å². The van der Waals surface area contributed by atoms with Gasteiger partial charge in [0.2, 0.25) is 0 Å². The second-order valence-electron chi connectivity index (χ2n) is 4.90. The standard InChI is InChI=1S/C13H16N6O/c14-12(20)10-3-4-11(18-17-10)19-7-1-2-9(8-19)13-15-5-6-16-13/h3-6,9H,1-2,7-8H2,(H2,14,20)(H,15,16). The Morgan fingerprint density at radius 2 is 2.30 bits per heavy atom. The Balaban J connectivity index is 1.75. The summed E-state index contributed by atoms with van der Waals surface area (Å²) in [5.41, 5.74) is 5.35. The molecule has 1 aliphatic rings. The molecule has 7 nitrogen and oxygen atoms in total. The van der Waals surface area contributed by atoms with Gasteiger partial charge in [-0.1, -0.05) is 0 Å². The molecule has 1 atom stereocenters. The average molecular weight is 272 g/mol. The molecule has 2 aromatic rings. The van der Waals surface area contributed by atoms with Crippen LogP contribution < -0.4 is 10.6 Å². The number of nitrogens with two attached hydrogens (primary N) is 1. The summed E-state index contributed by atoms with van der Waals surface area (Å²) in [6.45, 7) is 1.78. The van der Waals surface area contributed by atoms with Crippen LogP contribution in [0.1, 0.15) is 35.1 Å². The average Bonchev–Trinajstić information content (AvgIpc) is 3.02. The molecule has 1 saturated heterocycles. The van der Waals surface area contributed by atoms with Gasteiger partial charge < -0.3 is 15.6 Å². The number of aromatic amines is 1. The van der Waals surface area contributed by atoms with Gasteiger partial charge in [-0.15, -0.1) is 10.2 Å². The van der Waals surface area contributed by atoms with Crippen molar-refractivity contribution in [1.29, 1.82) is 0 Å². The molecule has 0 aromatic carbocycles. The van der Waals surface area contributed by atoms with E-state index in [0.29, 0.717) is 5.92 Å². The van der Waals surface area contributed by atoms with E-state index in [1.807, 2.05) is 6.20 Å². The van der Waals surface area contributed by atoms with Crippen LogP contribution in [0.25, 0.3) is 0 Å². The van der Waals surface area contributed by atoms with Gasteiger partial charge >= 0.3 is 0 Å². The number of imidazole rings is 1. The monoisotopic (exact) mass is 272 g/mol. The normalized spacial score (nSPS) is 19.0. The molecule has 0 radical (unpaired) electrons. The molecule has 0 saturated carbocycles. The molecular formula is C13H16N6O. The van der Waals surface area contributed by atoms with Crippen molar-refractivity contribution in [1.82, 2.24) is 20.2 Å². The number of carbonyl (C=O) groups excluding carboxylic acids is 1. The SMILES string of the molecule is NC(=O)c1ccc(N2CCCC(c3ncc[nH]3)C2)nn1. The fourth-order valence-corrected chi connectivity index (χ4v) is 2.53. The van der Waals surface area contributed by atoms with E-state index in [1.165, 1.54) is 0 Å². The van der Waals surface area contributed by atoms with Gasteiger partial charge in [-0.05, 0) is 25.0 Å². The molecule has 0 bridgehead atoms. The molecule has 20 heavy (non-hydrogen) atoms. The van der Waals surface area contributed by atoms with Crippen molar-refractivity contribution in [2.75, 3.05) is 18.0 Å². The number of hydrogen-bond donors (Lipinski definition) is 2. The highest BCUT2D eigenvalue weighted by Crippen LogP contribution is 2.26. The molecule has 1 amide bonds. The Bertz CT molecular complexity index is 579. The highest BCUT2D eigenvalue weighted by atomic mass is 16.1. The zero-order valence-corrected chi connectivity index (χ0v) is 11.0. The van der Waals surface area contributed by atoms with Crippen molar-refractivity contribution in [3.05, 3.63) is 36.0 Å². The van der Waals surface area contributed by atoms with Crippen molar-refractivity contribution in [3.63, 3.8) is 0 Å². The molecule has 1 aliphatic heterocycles. The summed E-state index contributed by atoms with van der Waals surface area (Å²) in [6, 6.07) is 3.40. The Hall–Kier alpha value is -2.44. The predicted molar refractivity (Wildman–Crippen MR) is 73.3 cm³/mol. The minimum Gasteiger partial charge on any atom is -0.364 e. The molecule has 7 heteroatoms. The summed E-state index contributed by atoms with van der Waals surface area (Å²) in [5, 5.41) is 7.94. The lowest BCUT2D eigenvalue weighted by molar-refractivity contribution is 0.0994. The second-order valence-corrected chi connectivity index (χ2v) is 4.90. The van der Waals surface area contributed by atoms with E-state index < -0.39 is 5.91 Å². The van der Waals surface area contributed by atoms with Crippen LogP contribution in [0.15, 0.2) is 24.5 Å². The van der Waals surface area contributed by atoms with Crippen LogP contribution >= 0.6 is 0 Å². The van der Waals surface area contributed by atoms with Crippen molar-refractivity contribution in [2.24, 2.45) is 5.73 Å². The molecule has 1 unspecified atom stereocenters. The number of primary amides is 1. The summed E-state index contributed by atoms with van der Waals surface area (Å²) in [4.78, 5) is 20.6.